The maximum atomic E-state index is 12.5. The topological polar surface area (TPSA) is 68.5 Å². The smallest absolute Gasteiger partial charge is 0.232 e. The highest BCUT2D eigenvalue weighted by molar-refractivity contribution is 6.30. The van der Waals surface area contributed by atoms with Crippen molar-refractivity contribution in [2.24, 2.45) is 0 Å². The minimum Gasteiger partial charge on any atom is -0.457 e. The highest BCUT2D eigenvalue weighted by Gasteiger charge is 2.35. The highest BCUT2D eigenvalue weighted by atomic mass is 35.5. The van der Waals surface area contributed by atoms with Crippen molar-refractivity contribution >= 4 is 23.2 Å². The highest BCUT2D eigenvalue weighted by Crippen LogP contribution is 2.32. The summed E-state index contributed by atoms with van der Waals surface area (Å²) in [4.78, 5) is 18.8. The van der Waals surface area contributed by atoms with Gasteiger partial charge in [-0.15, -0.1) is 0 Å². The molecule has 6 nitrogen and oxygen atoms in total. The summed E-state index contributed by atoms with van der Waals surface area (Å²) in [6, 6.07) is 24.2. The first kappa shape index (κ1) is 19.3. The Morgan fingerprint density at radius 1 is 0.935 bits per heavy atom. The summed E-state index contributed by atoms with van der Waals surface area (Å²) >= 11 is 5.90. The molecule has 7 heteroatoms. The van der Waals surface area contributed by atoms with Crippen molar-refractivity contribution in [3.8, 4) is 22.9 Å². The number of halogens is 1. The van der Waals surface area contributed by atoms with E-state index in [-0.39, 0.29) is 11.8 Å². The van der Waals surface area contributed by atoms with Gasteiger partial charge < -0.3 is 14.2 Å². The predicted molar refractivity (Wildman–Crippen MR) is 117 cm³/mol. The Hall–Kier alpha value is -3.64. The summed E-state index contributed by atoms with van der Waals surface area (Å²) in [6.07, 6.45) is 0.352. The van der Waals surface area contributed by atoms with Crippen LogP contribution in [0.15, 0.2) is 83.4 Å². The number of nitrogens with zero attached hydrogens (tertiary/aromatic N) is 3. The number of hydrogen-bond acceptors (Lipinski definition) is 5. The van der Waals surface area contributed by atoms with E-state index < -0.39 is 0 Å². The van der Waals surface area contributed by atoms with Crippen LogP contribution in [0.4, 0.5) is 5.69 Å². The summed E-state index contributed by atoms with van der Waals surface area (Å²) < 4.78 is 11.3. The van der Waals surface area contributed by atoms with Gasteiger partial charge in [-0.3, -0.25) is 4.79 Å². The Morgan fingerprint density at radius 3 is 2.32 bits per heavy atom. The fraction of sp³-hybridized carbons (Fsp3) is 0.125. The number of benzene rings is 3. The van der Waals surface area contributed by atoms with Crippen molar-refractivity contribution in [3.05, 3.63) is 89.8 Å². The summed E-state index contributed by atoms with van der Waals surface area (Å²) in [6.45, 7) is 0.526. The number of carbonyl (C=O) groups excluding carboxylic acids is 1. The third-order valence-corrected chi connectivity index (χ3v) is 5.40. The normalized spacial score (nSPS) is 16.0. The molecule has 1 saturated heterocycles. The molecular weight excluding hydrogens is 414 g/mol. The summed E-state index contributed by atoms with van der Waals surface area (Å²) in [5, 5.41) is 4.76. The van der Waals surface area contributed by atoms with E-state index in [9.17, 15) is 4.79 Å². The molecule has 1 aliphatic rings. The van der Waals surface area contributed by atoms with E-state index in [2.05, 4.69) is 10.1 Å². The average molecular weight is 432 g/mol. The molecule has 0 spiro atoms. The molecule has 1 atom stereocenters. The molecule has 2 heterocycles. The van der Waals surface area contributed by atoms with Crippen molar-refractivity contribution in [2.75, 3.05) is 11.4 Å². The minimum atomic E-state index is -0.124. The van der Waals surface area contributed by atoms with E-state index in [1.807, 2.05) is 66.7 Å². The zero-order valence-electron chi connectivity index (χ0n) is 16.4. The third-order valence-electron chi connectivity index (χ3n) is 5.15. The second kappa shape index (κ2) is 8.24. The molecule has 0 N–H and O–H groups in total. The van der Waals surface area contributed by atoms with E-state index in [1.54, 1.807) is 17.0 Å². The first-order valence-electron chi connectivity index (χ1n) is 9.88. The zero-order chi connectivity index (χ0) is 21.2. The van der Waals surface area contributed by atoms with Crippen molar-refractivity contribution in [3.63, 3.8) is 0 Å². The standard InChI is InChI=1S/C24H18ClN3O3/c25-18-8-12-21(13-9-18)30-20-10-6-16(7-11-20)23-26-24(31-27-23)17-14-22(29)28(15-17)19-4-2-1-3-5-19/h1-13,17H,14-15H2. The maximum absolute atomic E-state index is 12.5. The number of amides is 1. The summed E-state index contributed by atoms with van der Waals surface area (Å²) in [7, 11) is 0. The van der Waals surface area contributed by atoms with Gasteiger partial charge >= 0.3 is 0 Å². The molecular formula is C24H18ClN3O3. The lowest BCUT2D eigenvalue weighted by molar-refractivity contribution is -0.117. The van der Waals surface area contributed by atoms with Gasteiger partial charge in [0.25, 0.3) is 0 Å². The molecule has 1 fully saturated rings. The van der Waals surface area contributed by atoms with E-state index in [4.69, 9.17) is 20.9 Å². The van der Waals surface area contributed by atoms with Gasteiger partial charge in [0.05, 0.1) is 5.92 Å². The van der Waals surface area contributed by atoms with E-state index >= 15 is 0 Å². The lowest BCUT2D eigenvalue weighted by atomic mass is 10.1. The Kier molecular flexibility index (Phi) is 5.14. The van der Waals surface area contributed by atoms with Crippen molar-refractivity contribution < 1.29 is 14.1 Å². The number of carbonyl (C=O) groups is 1. The number of hydrogen-bond donors (Lipinski definition) is 0. The summed E-state index contributed by atoms with van der Waals surface area (Å²) in [5.74, 6) is 2.28. The minimum absolute atomic E-state index is 0.0552. The Bertz CT molecular complexity index is 1190. The van der Waals surface area contributed by atoms with Crippen LogP contribution in [-0.4, -0.2) is 22.6 Å². The number of ether oxygens (including phenoxy) is 1. The van der Waals surface area contributed by atoms with Gasteiger partial charge in [0, 0.05) is 29.2 Å². The molecule has 4 aromatic rings. The molecule has 1 aliphatic heterocycles. The number of aromatic nitrogens is 2. The van der Waals surface area contributed by atoms with Crippen LogP contribution in [-0.2, 0) is 4.79 Å². The molecule has 3 aromatic carbocycles. The van der Waals surface area contributed by atoms with Crippen molar-refractivity contribution in [1.82, 2.24) is 10.1 Å². The fourth-order valence-corrected chi connectivity index (χ4v) is 3.69. The molecule has 31 heavy (non-hydrogen) atoms. The Labute approximate surface area is 184 Å². The van der Waals surface area contributed by atoms with Crippen LogP contribution in [0.1, 0.15) is 18.2 Å². The van der Waals surface area contributed by atoms with Crippen LogP contribution in [0.2, 0.25) is 5.02 Å². The largest absolute Gasteiger partial charge is 0.457 e. The van der Waals surface area contributed by atoms with E-state index in [0.29, 0.717) is 41.2 Å². The second-order valence-corrected chi connectivity index (χ2v) is 7.71. The fourth-order valence-electron chi connectivity index (χ4n) is 3.56. The van der Waals surface area contributed by atoms with Gasteiger partial charge in [-0.25, -0.2) is 0 Å². The monoisotopic (exact) mass is 431 g/mol. The first-order chi connectivity index (χ1) is 15.2. The van der Waals surface area contributed by atoms with Gasteiger partial charge in [0.1, 0.15) is 11.5 Å². The van der Waals surface area contributed by atoms with Crippen molar-refractivity contribution in [1.29, 1.82) is 0 Å². The van der Waals surface area contributed by atoms with Crippen LogP contribution in [0, 0.1) is 0 Å². The lowest BCUT2D eigenvalue weighted by Crippen LogP contribution is -2.24. The number of para-hydroxylation sites is 1. The second-order valence-electron chi connectivity index (χ2n) is 7.28. The molecule has 0 saturated carbocycles. The predicted octanol–water partition coefficient (Wildman–Crippen LogP) is 5.70. The van der Waals surface area contributed by atoms with Crippen LogP contribution in [0.25, 0.3) is 11.4 Å². The van der Waals surface area contributed by atoms with E-state index in [1.165, 1.54) is 0 Å². The molecule has 0 bridgehead atoms. The van der Waals surface area contributed by atoms with Crippen molar-refractivity contribution in [2.45, 2.75) is 12.3 Å². The van der Waals surface area contributed by atoms with Gasteiger partial charge in [0.15, 0.2) is 0 Å². The quantitative estimate of drug-likeness (QED) is 0.405. The molecule has 1 aromatic heterocycles. The third kappa shape index (κ3) is 4.15. The molecule has 154 valence electrons. The van der Waals surface area contributed by atoms with Crippen LogP contribution < -0.4 is 9.64 Å². The Balaban J connectivity index is 1.28. The van der Waals surface area contributed by atoms with Gasteiger partial charge in [-0.05, 0) is 60.7 Å². The Morgan fingerprint density at radius 2 is 1.61 bits per heavy atom. The average Bonchev–Trinajstić information content (AvgIpc) is 3.44. The summed E-state index contributed by atoms with van der Waals surface area (Å²) in [5.41, 5.74) is 1.69. The first-order valence-corrected chi connectivity index (χ1v) is 10.3. The zero-order valence-corrected chi connectivity index (χ0v) is 17.2. The molecule has 1 unspecified atom stereocenters. The lowest BCUT2D eigenvalue weighted by Gasteiger charge is -2.15. The maximum Gasteiger partial charge on any atom is 0.232 e. The SMILES string of the molecule is O=C1CC(c2nc(-c3ccc(Oc4ccc(Cl)cc4)cc3)no2)CN1c1ccccc1. The molecule has 0 aliphatic carbocycles. The van der Waals surface area contributed by atoms with Gasteiger partial charge in [-0.2, -0.15) is 4.98 Å². The number of rotatable bonds is 5. The van der Waals surface area contributed by atoms with Gasteiger partial charge in [0.2, 0.25) is 17.6 Å². The molecule has 1 amide bonds. The van der Waals surface area contributed by atoms with Crippen LogP contribution in [0.5, 0.6) is 11.5 Å². The molecule has 0 radical (unpaired) electrons. The number of anilines is 1. The van der Waals surface area contributed by atoms with E-state index in [0.717, 1.165) is 11.3 Å². The molecule has 5 rings (SSSR count). The van der Waals surface area contributed by atoms with Crippen LogP contribution >= 0.6 is 11.6 Å². The van der Waals surface area contributed by atoms with Crippen LogP contribution in [0.3, 0.4) is 0 Å². The van der Waals surface area contributed by atoms with Gasteiger partial charge in [-0.1, -0.05) is 35.0 Å².